The normalized spacial score (nSPS) is 17.5. The number of rotatable bonds is 23. The fraction of sp³-hybridized carbons (Fsp3) is 0.444. The maximum Gasteiger partial charge on any atom is 0.343 e. The maximum absolute atomic E-state index is 13.0. The van der Waals surface area contributed by atoms with Gasteiger partial charge >= 0.3 is 5.97 Å². The number of hydrogen-bond acceptors (Lipinski definition) is 10. The third kappa shape index (κ3) is 10.7. The van der Waals surface area contributed by atoms with E-state index in [2.05, 4.69) is 13.8 Å². The molecule has 0 spiro atoms. The van der Waals surface area contributed by atoms with E-state index in [1.807, 2.05) is 60.7 Å². The van der Waals surface area contributed by atoms with Crippen LogP contribution in [0.3, 0.4) is 0 Å². The first-order chi connectivity index (χ1) is 27.0. The van der Waals surface area contributed by atoms with Gasteiger partial charge in [0.25, 0.3) is 0 Å². The van der Waals surface area contributed by atoms with Gasteiger partial charge in [-0.3, -0.25) is 0 Å². The maximum atomic E-state index is 13.0. The molecule has 0 N–H and O–H groups in total. The molecule has 4 aromatic rings. The molecule has 0 amide bonds. The van der Waals surface area contributed by atoms with Crippen LogP contribution in [-0.2, 0) is 30.4 Å². The summed E-state index contributed by atoms with van der Waals surface area (Å²) in [5.41, 5.74) is 6.11. The van der Waals surface area contributed by atoms with Gasteiger partial charge in [-0.05, 0) is 121 Å². The van der Waals surface area contributed by atoms with Crippen molar-refractivity contribution in [3.05, 3.63) is 107 Å². The highest BCUT2D eigenvalue weighted by Crippen LogP contribution is 2.47. The van der Waals surface area contributed by atoms with E-state index in [1.54, 1.807) is 24.3 Å². The molecule has 0 bridgehead atoms. The number of esters is 1. The molecule has 10 nitrogen and oxygen atoms in total. The van der Waals surface area contributed by atoms with Gasteiger partial charge in [0.05, 0.1) is 51.8 Å². The van der Waals surface area contributed by atoms with Crippen molar-refractivity contribution in [3.63, 3.8) is 0 Å². The van der Waals surface area contributed by atoms with Crippen LogP contribution in [0.4, 0.5) is 0 Å². The Hall–Kier alpha value is -4.45. The van der Waals surface area contributed by atoms with Crippen molar-refractivity contribution in [2.24, 2.45) is 5.41 Å². The molecule has 2 saturated heterocycles. The Bertz CT molecular complexity index is 1830. The number of unbranched alkanes of at least 4 members (excludes halogenated alkanes) is 2. The monoisotopic (exact) mass is 752 g/mol. The Kier molecular flexibility index (Phi) is 13.4. The molecule has 3 aliphatic rings. The summed E-state index contributed by atoms with van der Waals surface area (Å²) in [6.45, 7) is 11.2. The van der Waals surface area contributed by atoms with E-state index >= 15 is 0 Å². The lowest BCUT2D eigenvalue weighted by Crippen LogP contribution is -2.45. The summed E-state index contributed by atoms with van der Waals surface area (Å²) < 4.78 is 39.5. The number of ether oxygens (including phenoxy) is 7. The number of carbonyl (C=O) groups is 1. The number of epoxide rings is 1. The molecule has 10 heteroatoms. The predicted octanol–water partition coefficient (Wildman–Crippen LogP) is 8.73. The molecule has 1 aliphatic carbocycles. The summed E-state index contributed by atoms with van der Waals surface area (Å²) in [6.07, 6.45) is 5.11. The third-order valence-electron chi connectivity index (χ3n) is 10.5. The second kappa shape index (κ2) is 18.9. The standard InChI is InChI=1S/C45H52O10/c1-3-45(30-49-31-45)29-48-21-5-7-23-51-36-14-10-34(11-15-36)44(46)54-37-16-18-40-41-19-17-38(25-43(41)32(2)42(40)24-37)55-53-26-33-8-12-35(13-9-33)50-22-6-4-20-47-27-39-28-52-39/h8-19,24-25,32,39H,3-7,20-23,26-31H2,1-2H3. The van der Waals surface area contributed by atoms with Crippen LogP contribution in [-0.4, -0.2) is 71.5 Å². The van der Waals surface area contributed by atoms with Gasteiger partial charge in [-0.2, -0.15) is 4.89 Å². The van der Waals surface area contributed by atoms with Gasteiger partial charge in [-0.15, -0.1) is 0 Å². The molecular formula is C45H52O10. The zero-order valence-electron chi connectivity index (χ0n) is 31.9. The van der Waals surface area contributed by atoms with Crippen molar-refractivity contribution < 1.29 is 47.7 Å². The Morgan fingerprint density at radius 3 is 1.93 bits per heavy atom. The van der Waals surface area contributed by atoms with E-state index < -0.39 is 5.97 Å². The number of fused-ring (bicyclic) bond motifs is 3. The van der Waals surface area contributed by atoms with Gasteiger partial charge in [-0.25, -0.2) is 4.79 Å². The highest BCUT2D eigenvalue weighted by molar-refractivity contribution is 5.91. The Morgan fingerprint density at radius 1 is 0.727 bits per heavy atom. The molecule has 0 aromatic heterocycles. The number of carbonyl (C=O) groups excluding carboxylic acids is 1. The van der Waals surface area contributed by atoms with Gasteiger partial charge in [0.15, 0.2) is 5.75 Å². The van der Waals surface area contributed by atoms with Crippen molar-refractivity contribution in [2.45, 2.75) is 64.6 Å². The summed E-state index contributed by atoms with van der Waals surface area (Å²) in [5.74, 6) is 2.33. The van der Waals surface area contributed by atoms with Gasteiger partial charge in [0.2, 0.25) is 0 Å². The quantitative estimate of drug-likeness (QED) is 0.0183. The first-order valence-electron chi connectivity index (χ1n) is 19.6. The molecule has 2 atom stereocenters. The lowest BCUT2D eigenvalue weighted by atomic mass is 9.84. The third-order valence-corrected chi connectivity index (χ3v) is 10.5. The predicted molar refractivity (Wildman–Crippen MR) is 207 cm³/mol. The highest BCUT2D eigenvalue weighted by Gasteiger charge is 2.37. The second-order valence-electron chi connectivity index (χ2n) is 14.7. The molecule has 2 aliphatic heterocycles. The van der Waals surface area contributed by atoms with E-state index in [0.29, 0.717) is 49.6 Å². The molecule has 0 radical (unpaired) electrons. The lowest BCUT2D eigenvalue weighted by Gasteiger charge is -2.40. The van der Waals surface area contributed by atoms with E-state index in [0.717, 1.165) is 111 Å². The van der Waals surface area contributed by atoms with E-state index in [9.17, 15) is 4.79 Å². The fourth-order valence-electron chi connectivity index (χ4n) is 6.71. The summed E-state index contributed by atoms with van der Waals surface area (Å²) >= 11 is 0. The molecule has 292 valence electrons. The van der Waals surface area contributed by atoms with Crippen LogP contribution in [0, 0.1) is 5.41 Å². The zero-order chi connectivity index (χ0) is 37.9. The van der Waals surface area contributed by atoms with Gasteiger partial charge in [0.1, 0.15) is 30.0 Å². The molecular weight excluding hydrogens is 700 g/mol. The minimum absolute atomic E-state index is 0.0814. The lowest BCUT2D eigenvalue weighted by molar-refractivity contribution is -0.217. The van der Waals surface area contributed by atoms with Gasteiger partial charge < -0.3 is 38.0 Å². The van der Waals surface area contributed by atoms with E-state index in [1.165, 1.54) is 0 Å². The average Bonchev–Trinajstić information content (AvgIpc) is 3.99. The molecule has 4 aromatic carbocycles. The Labute approximate surface area is 323 Å². The van der Waals surface area contributed by atoms with Crippen LogP contribution < -0.4 is 19.1 Å². The first-order valence-corrected chi connectivity index (χ1v) is 19.6. The minimum Gasteiger partial charge on any atom is -0.494 e. The van der Waals surface area contributed by atoms with E-state index in [-0.39, 0.29) is 11.3 Å². The second-order valence-corrected chi connectivity index (χ2v) is 14.7. The zero-order valence-corrected chi connectivity index (χ0v) is 31.9. The van der Waals surface area contributed by atoms with Crippen molar-refractivity contribution >= 4 is 5.97 Å². The molecule has 2 fully saturated rings. The molecule has 55 heavy (non-hydrogen) atoms. The van der Waals surface area contributed by atoms with Crippen LogP contribution in [0.15, 0.2) is 84.9 Å². The fourth-order valence-corrected chi connectivity index (χ4v) is 6.71. The summed E-state index contributed by atoms with van der Waals surface area (Å²) in [6, 6.07) is 26.7. The van der Waals surface area contributed by atoms with E-state index in [4.69, 9.17) is 42.9 Å². The largest absolute Gasteiger partial charge is 0.494 e. The van der Waals surface area contributed by atoms with Gasteiger partial charge in [-0.1, -0.05) is 38.1 Å². The molecule has 0 saturated carbocycles. The molecule has 7 rings (SSSR count). The van der Waals surface area contributed by atoms with Crippen LogP contribution in [0.25, 0.3) is 11.1 Å². The summed E-state index contributed by atoms with van der Waals surface area (Å²) in [5, 5.41) is 0. The van der Waals surface area contributed by atoms with Crippen molar-refractivity contribution in [1.82, 2.24) is 0 Å². The SMILES string of the molecule is CCC1(COCCCCOc2ccc(C(=O)Oc3ccc4c(c3)C(C)c3cc(OOCc5ccc(OCCCCOCC6CO6)cc5)ccc3-4)cc2)COC1. The average molecular weight is 753 g/mol. The summed E-state index contributed by atoms with van der Waals surface area (Å²) in [4.78, 5) is 24.3. The first kappa shape index (κ1) is 38.8. The van der Waals surface area contributed by atoms with Crippen molar-refractivity contribution in [2.75, 3.05) is 59.5 Å². The van der Waals surface area contributed by atoms with Crippen LogP contribution >= 0.6 is 0 Å². The highest BCUT2D eigenvalue weighted by atomic mass is 17.2. The summed E-state index contributed by atoms with van der Waals surface area (Å²) in [7, 11) is 0. The Balaban J connectivity index is 0.812. The van der Waals surface area contributed by atoms with Crippen LogP contribution in [0.2, 0.25) is 0 Å². The topological polar surface area (TPSA) is 103 Å². The van der Waals surface area contributed by atoms with Crippen LogP contribution in [0.5, 0.6) is 23.0 Å². The number of benzene rings is 4. The van der Waals surface area contributed by atoms with Crippen LogP contribution in [0.1, 0.15) is 78.9 Å². The minimum atomic E-state index is -0.416. The Morgan fingerprint density at radius 2 is 1.31 bits per heavy atom. The van der Waals surface area contributed by atoms with Crippen molar-refractivity contribution in [3.8, 4) is 34.1 Å². The van der Waals surface area contributed by atoms with Gasteiger partial charge in [0, 0.05) is 24.5 Å². The molecule has 2 unspecified atom stereocenters. The molecule has 2 heterocycles. The van der Waals surface area contributed by atoms with Crippen molar-refractivity contribution in [1.29, 1.82) is 0 Å². The number of hydrogen-bond donors (Lipinski definition) is 0. The smallest absolute Gasteiger partial charge is 0.343 e.